The van der Waals surface area contributed by atoms with Crippen LogP contribution in [0.1, 0.15) is 12.8 Å². The molecule has 1 aliphatic heterocycles. The van der Waals surface area contributed by atoms with Crippen molar-refractivity contribution in [3.8, 4) is 5.75 Å². The predicted molar refractivity (Wildman–Crippen MR) is 97.7 cm³/mol. The third-order valence-corrected chi connectivity index (χ3v) is 4.28. The van der Waals surface area contributed by atoms with Crippen LogP contribution in [-0.4, -0.2) is 31.2 Å². The fraction of sp³-hybridized carbons (Fsp3) is 0.333. The van der Waals surface area contributed by atoms with Crippen LogP contribution in [0.2, 0.25) is 5.02 Å². The number of amides is 1. The number of benzene rings is 1. The van der Waals surface area contributed by atoms with Crippen molar-refractivity contribution in [1.82, 2.24) is 4.98 Å². The van der Waals surface area contributed by atoms with Gasteiger partial charge in [0, 0.05) is 24.2 Å². The number of aromatic nitrogens is 1. The van der Waals surface area contributed by atoms with Crippen LogP contribution in [0.4, 0.5) is 17.2 Å². The lowest BCUT2D eigenvalue weighted by Crippen LogP contribution is -2.28. The molecule has 7 heteroatoms. The van der Waals surface area contributed by atoms with E-state index in [1.807, 2.05) is 6.07 Å². The number of rotatable bonds is 5. The van der Waals surface area contributed by atoms with Gasteiger partial charge in [0.2, 0.25) is 5.91 Å². The Bertz CT molecular complexity index is 731. The van der Waals surface area contributed by atoms with E-state index in [1.165, 1.54) is 0 Å². The molecule has 0 radical (unpaired) electrons. The largest absolute Gasteiger partial charge is 0.495 e. The smallest absolute Gasteiger partial charge is 0.227 e. The summed E-state index contributed by atoms with van der Waals surface area (Å²) in [5, 5.41) is 6.66. The number of halogens is 1. The lowest BCUT2D eigenvalue weighted by atomic mass is 9.99. The van der Waals surface area contributed by atoms with Crippen LogP contribution in [0.3, 0.4) is 0 Å². The first-order valence-corrected chi connectivity index (χ1v) is 8.49. The van der Waals surface area contributed by atoms with Gasteiger partial charge in [0.15, 0.2) is 0 Å². The predicted octanol–water partition coefficient (Wildman–Crippen LogP) is 3.85. The van der Waals surface area contributed by atoms with Gasteiger partial charge in [-0.3, -0.25) is 4.79 Å². The van der Waals surface area contributed by atoms with E-state index < -0.39 is 0 Å². The van der Waals surface area contributed by atoms with Crippen molar-refractivity contribution in [2.45, 2.75) is 12.8 Å². The van der Waals surface area contributed by atoms with Gasteiger partial charge in [0.05, 0.1) is 24.7 Å². The van der Waals surface area contributed by atoms with Crippen LogP contribution in [0.5, 0.6) is 5.75 Å². The Morgan fingerprint density at radius 1 is 1.28 bits per heavy atom. The second-order valence-electron chi connectivity index (χ2n) is 5.78. The average molecular weight is 362 g/mol. The monoisotopic (exact) mass is 361 g/mol. The Hall–Kier alpha value is -2.31. The van der Waals surface area contributed by atoms with Crippen molar-refractivity contribution in [3.63, 3.8) is 0 Å². The molecule has 0 atom stereocenters. The van der Waals surface area contributed by atoms with Gasteiger partial charge in [0.1, 0.15) is 11.6 Å². The average Bonchev–Trinajstić information content (AvgIpc) is 2.64. The fourth-order valence-corrected chi connectivity index (χ4v) is 2.83. The number of nitrogens with zero attached hydrogens (tertiary/aromatic N) is 1. The molecule has 1 amide bonds. The van der Waals surface area contributed by atoms with E-state index in [0.717, 1.165) is 18.5 Å². The SMILES string of the molecule is COc1ccc(Cl)cc1Nc1ccc(NC(=O)C2CCOCC2)cn1. The van der Waals surface area contributed by atoms with Gasteiger partial charge in [-0.25, -0.2) is 4.98 Å². The molecular formula is C18H20ClN3O3. The molecule has 2 heterocycles. The van der Waals surface area contributed by atoms with E-state index in [2.05, 4.69) is 15.6 Å². The number of hydrogen-bond acceptors (Lipinski definition) is 5. The normalized spacial score (nSPS) is 14.8. The molecule has 0 unspecified atom stereocenters. The molecule has 1 aromatic carbocycles. The number of methoxy groups -OCH3 is 1. The highest BCUT2D eigenvalue weighted by Crippen LogP contribution is 2.30. The van der Waals surface area contributed by atoms with Gasteiger partial charge < -0.3 is 20.1 Å². The first-order chi connectivity index (χ1) is 12.2. The van der Waals surface area contributed by atoms with Gasteiger partial charge in [-0.1, -0.05) is 11.6 Å². The van der Waals surface area contributed by atoms with Crippen LogP contribution < -0.4 is 15.4 Å². The number of pyridine rings is 1. The standard InChI is InChI=1S/C18H20ClN3O3/c1-24-16-4-2-13(19)10-15(16)22-17-5-3-14(11-20-17)21-18(23)12-6-8-25-9-7-12/h2-5,10-12H,6-9H2,1H3,(H,20,22)(H,21,23). The summed E-state index contributed by atoms with van der Waals surface area (Å²) in [5.74, 6) is 1.32. The zero-order chi connectivity index (χ0) is 17.6. The van der Waals surface area contributed by atoms with Crippen LogP contribution in [-0.2, 0) is 9.53 Å². The summed E-state index contributed by atoms with van der Waals surface area (Å²) in [6.45, 7) is 1.28. The fourth-order valence-electron chi connectivity index (χ4n) is 2.66. The van der Waals surface area contributed by atoms with E-state index in [1.54, 1.807) is 37.6 Å². The molecule has 1 aliphatic rings. The molecule has 1 saturated heterocycles. The zero-order valence-corrected chi connectivity index (χ0v) is 14.7. The summed E-state index contributed by atoms with van der Waals surface area (Å²) >= 11 is 6.02. The Morgan fingerprint density at radius 2 is 2.08 bits per heavy atom. The number of carbonyl (C=O) groups is 1. The molecule has 2 aromatic rings. The second-order valence-corrected chi connectivity index (χ2v) is 6.21. The van der Waals surface area contributed by atoms with E-state index in [0.29, 0.717) is 35.5 Å². The Labute approximate surface area is 151 Å². The first-order valence-electron chi connectivity index (χ1n) is 8.11. The van der Waals surface area contributed by atoms with Crippen molar-refractivity contribution >= 4 is 34.7 Å². The topological polar surface area (TPSA) is 72.5 Å². The van der Waals surface area contributed by atoms with Crippen molar-refractivity contribution < 1.29 is 14.3 Å². The molecule has 132 valence electrons. The molecule has 0 spiro atoms. The summed E-state index contributed by atoms with van der Waals surface area (Å²) < 4.78 is 10.6. The van der Waals surface area contributed by atoms with Crippen molar-refractivity contribution in [3.05, 3.63) is 41.6 Å². The third kappa shape index (κ3) is 4.61. The zero-order valence-electron chi connectivity index (χ0n) is 13.9. The summed E-state index contributed by atoms with van der Waals surface area (Å²) in [6, 6.07) is 8.91. The van der Waals surface area contributed by atoms with Crippen LogP contribution in [0.15, 0.2) is 36.5 Å². The van der Waals surface area contributed by atoms with Crippen LogP contribution >= 0.6 is 11.6 Å². The van der Waals surface area contributed by atoms with Gasteiger partial charge >= 0.3 is 0 Å². The molecule has 25 heavy (non-hydrogen) atoms. The minimum absolute atomic E-state index is 0.00210. The van der Waals surface area contributed by atoms with E-state index >= 15 is 0 Å². The number of hydrogen-bond donors (Lipinski definition) is 2. The summed E-state index contributed by atoms with van der Waals surface area (Å²) in [5.41, 5.74) is 1.39. The van der Waals surface area contributed by atoms with Crippen LogP contribution in [0.25, 0.3) is 0 Å². The summed E-state index contributed by atoms with van der Waals surface area (Å²) in [6.07, 6.45) is 3.14. The van der Waals surface area contributed by atoms with E-state index in [4.69, 9.17) is 21.1 Å². The summed E-state index contributed by atoms with van der Waals surface area (Å²) in [7, 11) is 1.59. The van der Waals surface area contributed by atoms with E-state index in [9.17, 15) is 4.79 Å². The Kier molecular flexibility index (Phi) is 5.73. The molecular weight excluding hydrogens is 342 g/mol. The maximum Gasteiger partial charge on any atom is 0.227 e. The highest BCUT2D eigenvalue weighted by molar-refractivity contribution is 6.31. The molecule has 6 nitrogen and oxygen atoms in total. The lowest BCUT2D eigenvalue weighted by molar-refractivity contribution is -0.122. The minimum Gasteiger partial charge on any atom is -0.495 e. The first kappa shape index (κ1) is 17.5. The lowest BCUT2D eigenvalue weighted by Gasteiger charge is -2.21. The van der Waals surface area contributed by atoms with E-state index in [-0.39, 0.29) is 11.8 Å². The highest BCUT2D eigenvalue weighted by Gasteiger charge is 2.21. The molecule has 2 N–H and O–H groups in total. The molecule has 0 bridgehead atoms. The third-order valence-electron chi connectivity index (χ3n) is 4.05. The van der Waals surface area contributed by atoms with Gasteiger partial charge in [-0.15, -0.1) is 0 Å². The van der Waals surface area contributed by atoms with Gasteiger partial charge in [0.25, 0.3) is 0 Å². The Balaban J connectivity index is 1.64. The molecule has 1 aromatic heterocycles. The molecule has 0 saturated carbocycles. The summed E-state index contributed by atoms with van der Waals surface area (Å²) in [4.78, 5) is 16.6. The molecule has 3 rings (SSSR count). The van der Waals surface area contributed by atoms with Gasteiger partial charge in [-0.05, 0) is 43.2 Å². The van der Waals surface area contributed by atoms with Crippen LogP contribution in [0, 0.1) is 5.92 Å². The number of carbonyl (C=O) groups excluding carboxylic acids is 1. The van der Waals surface area contributed by atoms with Crippen molar-refractivity contribution in [1.29, 1.82) is 0 Å². The highest BCUT2D eigenvalue weighted by atomic mass is 35.5. The number of anilines is 3. The second kappa shape index (κ2) is 8.18. The molecule has 0 aliphatic carbocycles. The molecule has 1 fully saturated rings. The van der Waals surface area contributed by atoms with Crippen molar-refractivity contribution in [2.24, 2.45) is 5.92 Å². The number of ether oxygens (including phenoxy) is 2. The maximum atomic E-state index is 12.2. The van der Waals surface area contributed by atoms with Crippen molar-refractivity contribution in [2.75, 3.05) is 31.0 Å². The number of nitrogens with one attached hydrogen (secondary N) is 2. The maximum absolute atomic E-state index is 12.2. The quantitative estimate of drug-likeness (QED) is 0.846. The van der Waals surface area contributed by atoms with Gasteiger partial charge in [-0.2, -0.15) is 0 Å². The minimum atomic E-state index is 0.00210. The Morgan fingerprint density at radius 3 is 2.76 bits per heavy atom.